The van der Waals surface area contributed by atoms with E-state index < -0.39 is 6.61 Å². The number of thioether (sulfide) groups is 1. The molecule has 0 radical (unpaired) electrons. The Morgan fingerprint density at radius 3 is 2.71 bits per heavy atom. The van der Waals surface area contributed by atoms with Crippen LogP contribution in [0.25, 0.3) is 16.9 Å². The molecule has 2 aliphatic rings. The number of ether oxygens (including phenoxy) is 1. The van der Waals surface area contributed by atoms with Crippen LogP contribution in [0.3, 0.4) is 0 Å². The van der Waals surface area contributed by atoms with Crippen LogP contribution in [0, 0.1) is 0 Å². The molecule has 2 bridgehead atoms. The Bertz CT molecular complexity index is 1440. The van der Waals surface area contributed by atoms with E-state index in [-0.39, 0.29) is 23.6 Å². The van der Waals surface area contributed by atoms with Crippen molar-refractivity contribution in [2.75, 3.05) is 13.3 Å². The molecule has 1 aliphatic heterocycles. The summed E-state index contributed by atoms with van der Waals surface area (Å²) in [5, 5.41) is 0.919. The second-order valence-corrected chi connectivity index (χ2v) is 9.13. The van der Waals surface area contributed by atoms with Crippen LogP contribution in [0.1, 0.15) is 45.7 Å². The number of alkyl halides is 2. The summed E-state index contributed by atoms with van der Waals surface area (Å²) in [5.41, 5.74) is 4.18. The summed E-state index contributed by atoms with van der Waals surface area (Å²) in [5.74, 6) is -0.0706. The molecule has 4 aromatic rings. The van der Waals surface area contributed by atoms with Crippen LogP contribution < -0.4 is 4.74 Å². The van der Waals surface area contributed by atoms with Crippen molar-refractivity contribution in [3.05, 3.63) is 71.4 Å². The lowest BCUT2D eigenvalue weighted by Gasteiger charge is -2.23. The summed E-state index contributed by atoms with van der Waals surface area (Å²) in [4.78, 5) is 28.6. The number of carbonyl (C=O) groups is 1. The topological polar surface area (TPSA) is 72.6 Å². The Morgan fingerprint density at radius 1 is 1.15 bits per heavy atom. The van der Waals surface area contributed by atoms with Crippen molar-refractivity contribution in [2.45, 2.75) is 30.0 Å². The monoisotopic (exact) mass is 479 g/mol. The first kappa shape index (κ1) is 21.0. The Labute approximate surface area is 197 Å². The fraction of sp³-hybridized carbons (Fsp3) is 0.250. The van der Waals surface area contributed by atoms with Gasteiger partial charge in [0, 0.05) is 53.8 Å². The van der Waals surface area contributed by atoms with Crippen molar-refractivity contribution in [2.24, 2.45) is 0 Å². The number of halogens is 2. The molecule has 7 nitrogen and oxygen atoms in total. The number of amides is 1. The lowest BCUT2D eigenvalue weighted by atomic mass is 9.91. The Morgan fingerprint density at radius 2 is 1.97 bits per heavy atom. The van der Waals surface area contributed by atoms with Crippen molar-refractivity contribution < 1.29 is 18.3 Å². The molecule has 2 unspecified atom stereocenters. The molecule has 0 saturated heterocycles. The van der Waals surface area contributed by atoms with Crippen LogP contribution in [0.15, 0.2) is 53.9 Å². The maximum Gasteiger partial charge on any atom is 0.387 e. The zero-order valence-corrected chi connectivity index (χ0v) is 19.1. The zero-order valence-electron chi connectivity index (χ0n) is 18.3. The number of hydrogen-bond acceptors (Lipinski definition) is 6. The van der Waals surface area contributed by atoms with Gasteiger partial charge in [-0.1, -0.05) is 12.1 Å². The van der Waals surface area contributed by atoms with E-state index >= 15 is 0 Å². The molecule has 1 amide bonds. The van der Waals surface area contributed by atoms with Crippen LogP contribution in [-0.4, -0.2) is 50.1 Å². The maximum absolute atomic E-state index is 13.2. The highest BCUT2D eigenvalue weighted by atomic mass is 32.2. The SMILES string of the molecule is CSc1ccc(-c2cnc3nc4c(n3c2)C2CC4N(C)C(=O)c3cccc(OC(F)F)c32)cn1. The van der Waals surface area contributed by atoms with E-state index in [4.69, 9.17) is 9.72 Å². The molecule has 10 heteroatoms. The van der Waals surface area contributed by atoms with E-state index in [9.17, 15) is 13.6 Å². The fourth-order valence-electron chi connectivity index (χ4n) is 5.04. The third kappa shape index (κ3) is 3.08. The zero-order chi connectivity index (χ0) is 23.6. The number of rotatable bonds is 4. The van der Waals surface area contributed by atoms with Crippen molar-refractivity contribution in [3.8, 4) is 16.9 Å². The quantitative estimate of drug-likeness (QED) is 0.393. The van der Waals surface area contributed by atoms with Gasteiger partial charge in [-0.3, -0.25) is 9.20 Å². The van der Waals surface area contributed by atoms with Gasteiger partial charge in [-0.25, -0.2) is 15.0 Å². The second kappa shape index (κ2) is 7.76. The average Bonchev–Trinajstić information content (AvgIpc) is 3.36. The fourth-order valence-corrected chi connectivity index (χ4v) is 5.41. The van der Waals surface area contributed by atoms with E-state index in [0.717, 1.165) is 27.5 Å². The summed E-state index contributed by atoms with van der Waals surface area (Å²) < 4.78 is 33.2. The average molecular weight is 480 g/mol. The number of aromatic nitrogens is 4. The van der Waals surface area contributed by atoms with Gasteiger partial charge in [0.15, 0.2) is 0 Å². The molecule has 1 aromatic carbocycles. The van der Waals surface area contributed by atoms with Gasteiger partial charge in [-0.2, -0.15) is 8.78 Å². The third-order valence-electron chi connectivity index (χ3n) is 6.58. The molecule has 0 spiro atoms. The highest BCUT2D eigenvalue weighted by Gasteiger charge is 2.46. The molecule has 6 rings (SSSR count). The lowest BCUT2D eigenvalue weighted by molar-refractivity contribution is -0.0506. The number of imidazole rings is 1. The first-order valence-corrected chi connectivity index (χ1v) is 11.9. The number of fused-ring (bicyclic) bond motifs is 9. The minimum absolute atomic E-state index is 0.0173. The van der Waals surface area contributed by atoms with Crippen LogP contribution >= 0.6 is 11.8 Å². The standard InChI is InChI=1S/C24H19F2N5O2S/c1-30-16-8-15(19-14(22(30)32)4-3-5-17(19)33-23(25)26)21-20(16)29-24-28-10-13(11-31(21)24)12-6-7-18(34-2)27-9-12/h3-7,9-11,15-16,23H,8H2,1-2H3. The van der Waals surface area contributed by atoms with Crippen molar-refractivity contribution in [1.29, 1.82) is 0 Å². The summed E-state index contributed by atoms with van der Waals surface area (Å²) in [6, 6.07) is 8.37. The molecule has 0 N–H and O–H groups in total. The third-order valence-corrected chi connectivity index (χ3v) is 7.24. The molecule has 1 aliphatic carbocycles. The number of nitrogens with zero attached hydrogens (tertiary/aromatic N) is 5. The van der Waals surface area contributed by atoms with Gasteiger partial charge in [-0.05, 0) is 30.9 Å². The minimum Gasteiger partial charge on any atom is -0.434 e. The number of benzene rings is 1. The Hall–Kier alpha value is -3.53. The molecular weight excluding hydrogens is 460 g/mol. The highest BCUT2D eigenvalue weighted by Crippen LogP contribution is 2.52. The summed E-state index contributed by atoms with van der Waals surface area (Å²) in [6.07, 6.45) is 7.99. The van der Waals surface area contributed by atoms with Gasteiger partial charge in [0.1, 0.15) is 5.75 Å². The first-order chi connectivity index (χ1) is 16.5. The van der Waals surface area contributed by atoms with Crippen LogP contribution in [-0.2, 0) is 0 Å². The summed E-state index contributed by atoms with van der Waals surface area (Å²) >= 11 is 1.57. The molecule has 172 valence electrons. The van der Waals surface area contributed by atoms with E-state index in [1.54, 1.807) is 48.2 Å². The van der Waals surface area contributed by atoms with E-state index in [1.165, 1.54) is 6.07 Å². The number of carbonyl (C=O) groups excluding carboxylic acids is 1. The molecule has 3 aromatic heterocycles. The smallest absolute Gasteiger partial charge is 0.387 e. The predicted octanol–water partition coefficient (Wildman–Crippen LogP) is 4.78. The van der Waals surface area contributed by atoms with Crippen molar-refractivity contribution in [3.63, 3.8) is 0 Å². The Kier molecular flexibility index (Phi) is 4.80. The largest absolute Gasteiger partial charge is 0.434 e. The molecule has 0 fully saturated rings. The van der Waals surface area contributed by atoms with E-state index in [2.05, 4.69) is 9.97 Å². The van der Waals surface area contributed by atoms with E-state index in [0.29, 0.717) is 23.3 Å². The van der Waals surface area contributed by atoms with Gasteiger partial charge in [-0.15, -0.1) is 11.8 Å². The van der Waals surface area contributed by atoms with Gasteiger partial charge in [0.2, 0.25) is 5.78 Å². The van der Waals surface area contributed by atoms with Crippen LogP contribution in [0.5, 0.6) is 5.75 Å². The Balaban J connectivity index is 1.56. The van der Waals surface area contributed by atoms with E-state index in [1.807, 2.05) is 29.0 Å². The molecule has 4 heterocycles. The number of pyridine rings is 1. The predicted molar refractivity (Wildman–Crippen MR) is 122 cm³/mol. The molecule has 2 atom stereocenters. The van der Waals surface area contributed by atoms with Crippen LogP contribution in [0.2, 0.25) is 0 Å². The summed E-state index contributed by atoms with van der Waals surface area (Å²) in [6.45, 7) is -2.99. The first-order valence-electron chi connectivity index (χ1n) is 10.7. The van der Waals surface area contributed by atoms with Gasteiger partial charge < -0.3 is 9.64 Å². The highest BCUT2D eigenvalue weighted by molar-refractivity contribution is 7.98. The lowest BCUT2D eigenvalue weighted by Crippen LogP contribution is -2.30. The second-order valence-electron chi connectivity index (χ2n) is 8.30. The van der Waals surface area contributed by atoms with Crippen molar-refractivity contribution in [1.82, 2.24) is 24.3 Å². The molecule has 0 saturated carbocycles. The van der Waals surface area contributed by atoms with Crippen molar-refractivity contribution >= 4 is 23.4 Å². The van der Waals surface area contributed by atoms with Crippen LogP contribution in [0.4, 0.5) is 8.78 Å². The minimum atomic E-state index is -2.99. The van der Waals surface area contributed by atoms with Gasteiger partial charge >= 0.3 is 6.61 Å². The molecular formula is C24H19F2N5O2S. The number of hydrogen-bond donors (Lipinski definition) is 0. The maximum atomic E-state index is 13.2. The van der Waals surface area contributed by atoms with Gasteiger partial charge in [0.05, 0.1) is 22.5 Å². The summed E-state index contributed by atoms with van der Waals surface area (Å²) in [7, 11) is 1.72. The van der Waals surface area contributed by atoms with Gasteiger partial charge in [0.25, 0.3) is 5.91 Å². The normalized spacial score (nSPS) is 18.9. The molecule has 34 heavy (non-hydrogen) atoms.